The number of benzene rings is 2. The van der Waals surface area contributed by atoms with Crippen LogP contribution in [-0.4, -0.2) is 17.9 Å². The number of hydrogen-bond acceptors (Lipinski definition) is 3. The summed E-state index contributed by atoms with van der Waals surface area (Å²) >= 11 is 6.13. The first-order chi connectivity index (χ1) is 12.3. The Kier molecular flexibility index (Phi) is 2.68. The molecule has 0 saturated heterocycles. The molecule has 5 heteroatoms. The number of carbonyl (C=O) groups excluding carboxylic acids is 1. The van der Waals surface area contributed by atoms with Crippen molar-refractivity contribution < 1.29 is 19.4 Å². The monoisotopic (exact) mass is 319 g/mol. The van der Waals surface area contributed by atoms with E-state index in [9.17, 15) is 9.18 Å². The van der Waals surface area contributed by atoms with Crippen molar-refractivity contribution in [1.82, 2.24) is 4.98 Å². The molecule has 3 rings (SSSR count). The van der Waals surface area contributed by atoms with Gasteiger partial charge in [-0.1, -0.05) is 11.6 Å². The fourth-order valence-electron chi connectivity index (χ4n) is 2.04. The molecule has 0 amide bonds. The molecule has 0 radical (unpaired) electrons. The van der Waals surface area contributed by atoms with Crippen molar-refractivity contribution in [2.75, 3.05) is 7.11 Å². The standard InChI is InChI=1S/C17H11ClFNO2/c1-22-12-6-7-13-15(8-12)20-9-14(18)16(13)17(21)10-2-4-11(19)5-3-10/h2-9H,1H3/i2D,3D,4D,5D. The molecule has 1 heterocycles. The van der Waals surface area contributed by atoms with Crippen LogP contribution < -0.4 is 4.74 Å². The number of pyridine rings is 1. The first-order valence-corrected chi connectivity index (χ1v) is 6.58. The highest BCUT2D eigenvalue weighted by atomic mass is 35.5. The van der Waals surface area contributed by atoms with Crippen molar-refractivity contribution in [3.05, 3.63) is 70.5 Å². The summed E-state index contributed by atoms with van der Waals surface area (Å²) in [4.78, 5) is 17.1. The second kappa shape index (κ2) is 5.73. The Bertz CT molecular complexity index is 1050. The molecular formula is C17H11ClFNO2. The lowest BCUT2D eigenvalue weighted by Crippen LogP contribution is -2.04. The highest BCUT2D eigenvalue weighted by Crippen LogP contribution is 2.29. The predicted molar refractivity (Wildman–Crippen MR) is 83.1 cm³/mol. The number of aromatic nitrogens is 1. The van der Waals surface area contributed by atoms with Gasteiger partial charge >= 0.3 is 0 Å². The fourth-order valence-corrected chi connectivity index (χ4v) is 2.28. The molecule has 0 aliphatic carbocycles. The number of nitrogens with zero attached hydrogens (tertiary/aromatic N) is 1. The molecule has 0 unspecified atom stereocenters. The molecule has 0 aliphatic heterocycles. The third-order valence-electron chi connectivity index (χ3n) is 3.08. The molecule has 3 aromatic rings. The zero-order valence-electron chi connectivity index (χ0n) is 15.3. The lowest BCUT2D eigenvalue weighted by Gasteiger charge is -2.09. The van der Waals surface area contributed by atoms with Crippen LogP contribution in [0.15, 0.2) is 48.6 Å². The molecule has 2 aromatic carbocycles. The Morgan fingerprint density at radius 1 is 1.32 bits per heavy atom. The molecular weight excluding hydrogens is 305 g/mol. The molecule has 0 fully saturated rings. The van der Waals surface area contributed by atoms with Gasteiger partial charge < -0.3 is 4.74 Å². The van der Waals surface area contributed by atoms with Crippen molar-refractivity contribution in [2.24, 2.45) is 0 Å². The van der Waals surface area contributed by atoms with E-state index in [4.69, 9.17) is 21.8 Å². The Balaban J connectivity index is 2.32. The lowest BCUT2D eigenvalue weighted by atomic mass is 9.99. The Morgan fingerprint density at radius 2 is 2.05 bits per heavy atom. The average Bonchev–Trinajstić information content (AvgIpc) is 2.64. The van der Waals surface area contributed by atoms with Crippen LogP contribution in [0.4, 0.5) is 4.39 Å². The minimum absolute atomic E-state index is 0.0196. The Morgan fingerprint density at radius 3 is 2.73 bits per heavy atom. The van der Waals surface area contributed by atoms with Gasteiger partial charge in [0.05, 0.1) is 28.7 Å². The normalized spacial score (nSPS) is 13.2. The molecule has 0 N–H and O–H groups in total. The van der Waals surface area contributed by atoms with Gasteiger partial charge in [-0.3, -0.25) is 9.78 Å². The molecule has 0 bridgehead atoms. The van der Waals surface area contributed by atoms with E-state index in [1.54, 1.807) is 18.2 Å². The zero-order chi connectivity index (χ0) is 19.2. The summed E-state index contributed by atoms with van der Waals surface area (Å²) in [6.45, 7) is 0. The smallest absolute Gasteiger partial charge is 0.195 e. The van der Waals surface area contributed by atoms with E-state index < -0.39 is 41.3 Å². The third kappa shape index (κ3) is 2.53. The van der Waals surface area contributed by atoms with Crippen molar-refractivity contribution >= 4 is 28.3 Å². The van der Waals surface area contributed by atoms with Crippen LogP contribution >= 0.6 is 11.6 Å². The van der Waals surface area contributed by atoms with Crippen LogP contribution in [0.2, 0.25) is 5.02 Å². The highest BCUT2D eigenvalue weighted by molar-refractivity contribution is 6.36. The number of halogens is 2. The van der Waals surface area contributed by atoms with Gasteiger partial charge in [-0.05, 0) is 36.3 Å². The van der Waals surface area contributed by atoms with Crippen molar-refractivity contribution in [3.8, 4) is 5.75 Å². The second-order valence-corrected chi connectivity index (χ2v) is 4.79. The molecule has 0 aliphatic rings. The fraction of sp³-hybridized carbons (Fsp3) is 0.0588. The van der Waals surface area contributed by atoms with E-state index in [0.29, 0.717) is 16.7 Å². The van der Waals surface area contributed by atoms with Gasteiger partial charge in [0, 0.05) is 23.2 Å². The Hall–Kier alpha value is -2.46. The van der Waals surface area contributed by atoms with Gasteiger partial charge in [0.25, 0.3) is 0 Å². The number of ketones is 1. The van der Waals surface area contributed by atoms with Crippen LogP contribution in [-0.2, 0) is 0 Å². The molecule has 0 atom stereocenters. The molecule has 22 heavy (non-hydrogen) atoms. The van der Waals surface area contributed by atoms with E-state index in [2.05, 4.69) is 4.98 Å². The first kappa shape index (κ1) is 10.3. The van der Waals surface area contributed by atoms with E-state index in [1.807, 2.05) is 0 Å². The number of fused-ring (bicyclic) bond motifs is 1. The highest BCUT2D eigenvalue weighted by Gasteiger charge is 2.17. The van der Waals surface area contributed by atoms with E-state index >= 15 is 0 Å². The topological polar surface area (TPSA) is 39.2 Å². The quantitative estimate of drug-likeness (QED) is 0.677. The van der Waals surface area contributed by atoms with E-state index in [-0.39, 0.29) is 10.6 Å². The minimum atomic E-state index is -1.31. The van der Waals surface area contributed by atoms with Crippen molar-refractivity contribution in [2.45, 2.75) is 0 Å². The molecule has 110 valence electrons. The van der Waals surface area contributed by atoms with Crippen LogP contribution in [0.3, 0.4) is 0 Å². The minimum Gasteiger partial charge on any atom is -0.497 e. The maximum atomic E-state index is 13.7. The van der Waals surface area contributed by atoms with E-state index in [0.717, 1.165) is 0 Å². The van der Waals surface area contributed by atoms with Gasteiger partial charge in [-0.2, -0.15) is 0 Å². The van der Waals surface area contributed by atoms with Gasteiger partial charge in [0.1, 0.15) is 11.6 Å². The van der Waals surface area contributed by atoms with Gasteiger partial charge in [-0.15, -0.1) is 0 Å². The molecule has 1 aromatic heterocycles. The molecule has 3 nitrogen and oxygen atoms in total. The van der Waals surface area contributed by atoms with E-state index in [1.165, 1.54) is 13.3 Å². The number of hydrogen-bond donors (Lipinski definition) is 0. The predicted octanol–water partition coefficient (Wildman–Crippen LogP) is 4.27. The summed E-state index contributed by atoms with van der Waals surface area (Å²) in [5.41, 5.74) is -0.187. The maximum absolute atomic E-state index is 13.7. The second-order valence-electron chi connectivity index (χ2n) is 4.38. The summed E-state index contributed by atoms with van der Waals surface area (Å²) in [5, 5.41) is 0.332. The van der Waals surface area contributed by atoms with Crippen molar-refractivity contribution in [1.29, 1.82) is 0 Å². The van der Waals surface area contributed by atoms with Crippen LogP contribution in [0.25, 0.3) is 10.9 Å². The first-order valence-electron chi connectivity index (χ1n) is 8.20. The summed E-state index contributed by atoms with van der Waals surface area (Å²) in [7, 11) is 1.48. The van der Waals surface area contributed by atoms with Gasteiger partial charge in [0.2, 0.25) is 0 Å². The maximum Gasteiger partial charge on any atom is 0.195 e. The molecule has 0 saturated carbocycles. The van der Waals surface area contributed by atoms with Crippen LogP contribution in [0, 0.1) is 5.82 Å². The summed E-state index contributed by atoms with van der Waals surface area (Å²) in [6, 6.07) is 1.39. The average molecular weight is 320 g/mol. The number of carbonyl (C=O) groups is 1. The number of methoxy groups -OCH3 is 1. The third-order valence-corrected chi connectivity index (χ3v) is 3.37. The van der Waals surface area contributed by atoms with Crippen molar-refractivity contribution in [3.63, 3.8) is 0 Å². The zero-order valence-corrected chi connectivity index (χ0v) is 12.1. The number of ether oxygens (including phenoxy) is 1. The van der Waals surface area contributed by atoms with Crippen LogP contribution in [0.5, 0.6) is 5.75 Å². The molecule has 0 spiro atoms. The largest absolute Gasteiger partial charge is 0.497 e. The Labute approximate surface area is 136 Å². The van der Waals surface area contributed by atoms with Gasteiger partial charge in [-0.25, -0.2) is 4.39 Å². The SMILES string of the molecule is [2H]c1c([2H])c(C(=O)c2c(Cl)cnc3cc(OC)ccc23)c([2H])c([2H])c1F. The summed E-state index contributed by atoms with van der Waals surface area (Å²) < 4.78 is 49.7. The number of rotatable bonds is 3. The lowest BCUT2D eigenvalue weighted by molar-refractivity contribution is 0.104. The summed E-state index contributed by atoms with van der Waals surface area (Å²) in [5.74, 6) is -1.65. The summed E-state index contributed by atoms with van der Waals surface area (Å²) in [6.07, 6.45) is 1.25. The van der Waals surface area contributed by atoms with Crippen LogP contribution in [0.1, 0.15) is 21.4 Å². The van der Waals surface area contributed by atoms with Gasteiger partial charge in [0.15, 0.2) is 5.78 Å².